The van der Waals surface area contributed by atoms with Crippen LogP contribution in [0.15, 0.2) is 27.8 Å². The van der Waals surface area contributed by atoms with E-state index in [2.05, 4.69) is 21.1 Å². The molecular formula is C7H6BrFN2O. The molecule has 0 saturated heterocycles. The van der Waals surface area contributed by atoms with Gasteiger partial charge in [0.2, 0.25) is 0 Å². The van der Waals surface area contributed by atoms with Gasteiger partial charge in [-0.25, -0.2) is 4.39 Å². The summed E-state index contributed by atoms with van der Waals surface area (Å²) in [6.45, 7) is 0. The lowest BCUT2D eigenvalue weighted by molar-refractivity contribution is 0.318. The molecule has 1 rings (SSSR count). The van der Waals surface area contributed by atoms with Crippen LogP contribution in [0, 0.1) is 5.82 Å². The van der Waals surface area contributed by atoms with Gasteiger partial charge in [0.05, 0.1) is 5.56 Å². The second-order valence-electron chi connectivity index (χ2n) is 2.08. The van der Waals surface area contributed by atoms with Crippen molar-refractivity contribution >= 4 is 21.8 Å². The third-order valence-electron chi connectivity index (χ3n) is 1.33. The minimum Gasteiger partial charge on any atom is -0.409 e. The van der Waals surface area contributed by atoms with Crippen LogP contribution in [-0.2, 0) is 0 Å². The maximum absolute atomic E-state index is 13.0. The van der Waals surface area contributed by atoms with Crippen LogP contribution >= 0.6 is 15.9 Å². The standard InChI is InChI=1S/C7H6BrFN2O/c8-4-2-1-3-5(9)6(4)7(10)11-12/h1-3,12H,(H2,10,11). The zero-order valence-corrected chi connectivity index (χ0v) is 7.55. The van der Waals surface area contributed by atoms with Gasteiger partial charge in [-0.05, 0) is 28.1 Å². The summed E-state index contributed by atoms with van der Waals surface area (Å²) in [6.07, 6.45) is 0. The van der Waals surface area contributed by atoms with E-state index in [1.807, 2.05) is 0 Å². The van der Waals surface area contributed by atoms with Crippen LogP contribution in [0.25, 0.3) is 0 Å². The lowest BCUT2D eigenvalue weighted by Gasteiger charge is -2.02. The van der Waals surface area contributed by atoms with E-state index in [4.69, 9.17) is 10.9 Å². The van der Waals surface area contributed by atoms with Gasteiger partial charge in [-0.15, -0.1) is 0 Å². The molecule has 1 aromatic carbocycles. The van der Waals surface area contributed by atoms with Gasteiger partial charge in [0.15, 0.2) is 5.84 Å². The first-order valence-corrected chi connectivity index (χ1v) is 3.88. The van der Waals surface area contributed by atoms with Gasteiger partial charge in [-0.2, -0.15) is 0 Å². The van der Waals surface area contributed by atoms with Gasteiger partial charge in [0.1, 0.15) is 5.82 Å². The second kappa shape index (κ2) is 3.53. The van der Waals surface area contributed by atoms with Crippen molar-refractivity contribution in [3.63, 3.8) is 0 Å². The predicted octanol–water partition coefficient (Wildman–Crippen LogP) is 1.68. The average molecular weight is 233 g/mol. The van der Waals surface area contributed by atoms with E-state index in [0.717, 1.165) is 0 Å². The molecule has 0 aromatic heterocycles. The van der Waals surface area contributed by atoms with Crippen molar-refractivity contribution in [3.8, 4) is 0 Å². The highest BCUT2D eigenvalue weighted by Gasteiger charge is 2.09. The summed E-state index contributed by atoms with van der Waals surface area (Å²) in [4.78, 5) is 0. The molecule has 0 bridgehead atoms. The normalized spacial score (nSPS) is 11.7. The number of nitrogens with two attached hydrogens (primary N) is 1. The number of hydrogen-bond donors (Lipinski definition) is 2. The highest BCUT2D eigenvalue weighted by Crippen LogP contribution is 2.18. The summed E-state index contributed by atoms with van der Waals surface area (Å²) in [6, 6.07) is 4.36. The third kappa shape index (κ3) is 1.55. The van der Waals surface area contributed by atoms with Crippen molar-refractivity contribution < 1.29 is 9.60 Å². The maximum Gasteiger partial charge on any atom is 0.174 e. The van der Waals surface area contributed by atoms with E-state index in [1.165, 1.54) is 12.1 Å². The summed E-state index contributed by atoms with van der Waals surface area (Å²) in [5, 5.41) is 11.0. The minimum absolute atomic E-state index is 0.0694. The van der Waals surface area contributed by atoms with Gasteiger partial charge in [0.25, 0.3) is 0 Å². The lowest BCUT2D eigenvalue weighted by atomic mass is 10.2. The van der Waals surface area contributed by atoms with Crippen molar-refractivity contribution in [2.45, 2.75) is 0 Å². The Balaban J connectivity index is 3.31. The smallest absolute Gasteiger partial charge is 0.174 e. The first-order valence-electron chi connectivity index (χ1n) is 3.08. The van der Waals surface area contributed by atoms with E-state index in [9.17, 15) is 4.39 Å². The average Bonchev–Trinajstić information content (AvgIpc) is 2.03. The highest BCUT2D eigenvalue weighted by atomic mass is 79.9. The number of benzene rings is 1. The highest BCUT2D eigenvalue weighted by molar-refractivity contribution is 9.10. The molecule has 0 radical (unpaired) electrons. The fourth-order valence-corrected chi connectivity index (χ4v) is 1.34. The molecule has 0 fully saturated rings. The van der Waals surface area contributed by atoms with Crippen molar-refractivity contribution in [3.05, 3.63) is 34.1 Å². The van der Waals surface area contributed by atoms with Crippen molar-refractivity contribution in [1.29, 1.82) is 0 Å². The van der Waals surface area contributed by atoms with Crippen LogP contribution < -0.4 is 5.73 Å². The Hall–Kier alpha value is -1.10. The largest absolute Gasteiger partial charge is 0.409 e. The van der Waals surface area contributed by atoms with Crippen LogP contribution in [0.3, 0.4) is 0 Å². The number of nitrogens with zero attached hydrogens (tertiary/aromatic N) is 1. The van der Waals surface area contributed by atoms with E-state index >= 15 is 0 Å². The lowest BCUT2D eigenvalue weighted by Crippen LogP contribution is -2.15. The molecule has 0 saturated carbocycles. The molecule has 3 nitrogen and oxygen atoms in total. The van der Waals surface area contributed by atoms with Crippen molar-refractivity contribution in [1.82, 2.24) is 0 Å². The molecule has 0 aliphatic carbocycles. The second-order valence-corrected chi connectivity index (χ2v) is 2.94. The quantitative estimate of drug-likeness (QED) is 0.335. The molecule has 12 heavy (non-hydrogen) atoms. The first kappa shape index (κ1) is 8.99. The molecule has 0 amide bonds. The van der Waals surface area contributed by atoms with Gasteiger partial charge >= 0.3 is 0 Å². The zero-order chi connectivity index (χ0) is 9.14. The molecule has 0 heterocycles. The molecule has 0 aliphatic rings. The number of hydrogen-bond acceptors (Lipinski definition) is 2. The molecule has 0 spiro atoms. The molecule has 0 atom stereocenters. The predicted molar refractivity (Wildman–Crippen MR) is 46.6 cm³/mol. The van der Waals surface area contributed by atoms with Gasteiger partial charge < -0.3 is 10.9 Å². The van der Waals surface area contributed by atoms with Crippen molar-refractivity contribution in [2.24, 2.45) is 10.9 Å². The Morgan fingerprint density at radius 2 is 2.25 bits per heavy atom. The summed E-state index contributed by atoms with van der Waals surface area (Å²) in [5.74, 6) is -0.778. The zero-order valence-electron chi connectivity index (χ0n) is 5.96. The number of oxime groups is 1. The van der Waals surface area contributed by atoms with Crippen molar-refractivity contribution in [2.75, 3.05) is 0 Å². The molecular weight excluding hydrogens is 227 g/mol. The first-order chi connectivity index (χ1) is 5.66. The fraction of sp³-hybridized carbons (Fsp3) is 0. The summed E-state index contributed by atoms with van der Waals surface area (Å²) in [7, 11) is 0. The Morgan fingerprint density at radius 3 is 2.75 bits per heavy atom. The van der Waals surface area contributed by atoms with Crippen LogP contribution in [0.4, 0.5) is 4.39 Å². The fourth-order valence-electron chi connectivity index (χ4n) is 0.793. The van der Waals surface area contributed by atoms with Crippen LogP contribution in [0.1, 0.15) is 5.56 Å². The Morgan fingerprint density at radius 1 is 1.58 bits per heavy atom. The summed E-state index contributed by atoms with van der Waals surface area (Å²) >= 11 is 3.08. The Bertz CT molecular complexity index is 307. The molecule has 5 heteroatoms. The number of halogens is 2. The topological polar surface area (TPSA) is 58.6 Å². The van der Waals surface area contributed by atoms with Crippen LogP contribution in [0.5, 0.6) is 0 Å². The molecule has 1 aromatic rings. The van der Waals surface area contributed by atoms with Gasteiger partial charge in [0, 0.05) is 4.47 Å². The molecule has 0 unspecified atom stereocenters. The molecule has 0 aliphatic heterocycles. The van der Waals surface area contributed by atoms with E-state index < -0.39 is 5.82 Å². The van der Waals surface area contributed by atoms with Crippen LogP contribution in [0.2, 0.25) is 0 Å². The Labute approximate surface area is 76.8 Å². The van der Waals surface area contributed by atoms with Gasteiger partial charge in [-0.3, -0.25) is 0 Å². The summed E-state index contributed by atoms with van der Waals surface area (Å²) in [5.41, 5.74) is 5.30. The maximum atomic E-state index is 13.0. The molecule has 64 valence electrons. The Kier molecular flexibility index (Phi) is 2.65. The SMILES string of the molecule is N/C(=N\O)c1c(F)cccc1Br. The number of rotatable bonds is 1. The number of amidine groups is 1. The van der Waals surface area contributed by atoms with E-state index in [0.29, 0.717) is 4.47 Å². The van der Waals surface area contributed by atoms with Gasteiger partial charge in [-0.1, -0.05) is 11.2 Å². The van der Waals surface area contributed by atoms with E-state index in [1.54, 1.807) is 6.07 Å². The summed E-state index contributed by atoms with van der Waals surface area (Å²) < 4.78 is 13.4. The monoisotopic (exact) mass is 232 g/mol. The minimum atomic E-state index is -0.528. The third-order valence-corrected chi connectivity index (χ3v) is 1.99. The van der Waals surface area contributed by atoms with E-state index in [-0.39, 0.29) is 11.4 Å². The van der Waals surface area contributed by atoms with Crippen LogP contribution in [-0.4, -0.2) is 11.0 Å². The molecule has 3 N–H and O–H groups in total.